The minimum Gasteiger partial charge on any atom is -0.481 e. The Labute approximate surface area is 129 Å². The fourth-order valence-electron chi connectivity index (χ4n) is 5.09. The van der Waals surface area contributed by atoms with Gasteiger partial charge in [-0.15, -0.1) is 0 Å². The molecule has 2 fully saturated rings. The van der Waals surface area contributed by atoms with Crippen LogP contribution in [-0.4, -0.2) is 23.7 Å². The largest absolute Gasteiger partial charge is 0.481 e. The predicted octanol–water partition coefficient (Wildman–Crippen LogP) is 4.07. The van der Waals surface area contributed by atoms with Crippen molar-refractivity contribution in [1.82, 2.24) is 5.32 Å². The van der Waals surface area contributed by atoms with Crippen LogP contribution in [0.4, 0.5) is 0 Å². The quantitative estimate of drug-likeness (QED) is 0.822. The van der Waals surface area contributed by atoms with Crippen LogP contribution >= 0.6 is 0 Å². The molecular weight excluding hydrogens is 262 g/mol. The summed E-state index contributed by atoms with van der Waals surface area (Å²) in [5, 5.41) is 13.1. The van der Waals surface area contributed by atoms with Gasteiger partial charge in [-0.1, -0.05) is 40.5 Å². The van der Waals surface area contributed by atoms with Gasteiger partial charge in [0.25, 0.3) is 0 Å². The van der Waals surface area contributed by atoms with E-state index in [0.29, 0.717) is 22.8 Å². The van der Waals surface area contributed by atoms with Crippen molar-refractivity contribution < 1.29 is 9.90 Å². The molecule has 0 heterocycles. The Morgan fingerprint density at radius 3 is 2.24 bits per heavy atom. The van der Waals surface area contributed by atoms with Crippen LogP contribution in [0.25, 0.3) is 0 Å². The minimum atomic E-state index is -0.592. The molecule has 2 aliphatic carbocycles. The first kappa shape index (κ1) is 16.8. The Balaban J connectivity index is 1.91. The first-order valence-corrected chi connectivity index (χ1v) is 8.65. The molecule has 2 aliphatic rings. The van der Waals surface area contributed by atoms with Crippen molar-refractivity contribution in [2.75, 3.05) is 6.54 Å². The molecule has 0 bridgehead atoms. The fourth-order valence-corrected chi connectivity index (χ4v) is 5.09. The number of carboxylic acids is 1. The van der Waals surface area contributed by atoms with Crippen molar-refractivity contribution in [2.45, 2.75) is 78.7 Å². The van der Waals surface area contributed by atoms with Gasteiger partial charge in [-0.05, 0) is 55.4 Å². The third kappa shape index (κ3) is 4.70. The number of carbonyl (C=O) groups is 1. The summed E-state index contributed by atoms with van der Waals surface area (Å²) in [6.07, 6.45) is 7.91. The maximum Gasteiger partial charge on any atom is 0.306 e. The maximum atomic E-state index is 11.4. The Morgan fingerprint density at radius 1 is 1.10 bits per heavy atom. The molecule has 3 heteroatoms. The molecule has 2 N–H and O–H groups in total. The van der Waals surface area contributed by atoms with E-state index in [1.165, 1.54) is 25.7 Å². The Hall–Kier alpha value is -0.570. The highest BCUT2D eigenvalue weighted by Gasteiger charge is 2.39. The molecule has 3 nitrogen and oxygen atoms in total. The zero-order chi connectivity index (χ0) is 15.7. The summed E-state index contributed by atoms with van der Waals surface area (Å²) in [6, 6.07) is 0.542. The van der Waals surface area contributed by atoms with Crippen molar-refractivity contribution in [2.24, 2.45) is 22.7 Å². The van der Waals surface area contributed by atoms with E-state index in [4.69, 9.17) is 0 Å². The second kappa shape index (κ2) is 6.28. The number of rotatable bonds is 4. The van der Waals surface area contributed by atoms with Gasteiger partial charge in [0.2, 0.25) is 0 Å². The molecule has 21 heavy (non-hydrogen) atoms. The highest BCUT2D eigenvalue weighted by atomic mass is 16.4. The Bertz CT molecular complexity index is 359. The molecule has 2 rings (SSSR count). The maximum absolute atomic E-state index is 11.4. The van der Waals surface area contributed by atoms with Gasteiger partial charge < -0.3 is 10.4 Å². The molecule has 122 valence electrons. The van der Waals surface area contributed by atoms with E-state index in [9.17, 15) is 9.90 Å². The summed E-state index contributed by atoms with van der Waals surface area (Å²) < 4.78 is 0. The molecule has 2 unspecified atom stereocenters. The molecular formula is C18H33NO2. The minimum absolute atomic E-state index is 0.129. The van der Waals surface area contributed by atoms with Gasteiger partial charge in [-0.25, -0.2) is 0 Å². The molecule has 0 saturated heterocycles. The van der Waals surface area contributed by atoms with Gasteiger partial charge in [-0.2, -0.15) is 0 Å². The van der Waals surface area contributed by atoms with Crippen molar-refractivity contribution in [3.8, 4) is 0 Å². The first-order valence-electron chi connectivity index (χ1n) is 8.65. The van der Waals surface area contributed by atoms with E-state index < -0.39 is 5.97 Å². The summed E-state index contributed by atoms with van der Waals surface area (Å²) in [6.45, 7) is 10.3. The summed E-state index contributed by atoms with van der Waals surface area (Å²) in [5.74, 6) is -0.397. The lowest BCUT2D eigenvalue weighted by Crippen LogP contribution is -2.46. The molecule has 0 radical (unpaired) electrons. The first-order chi connectivity index (χ1) is 9.69. The van der Waals surface area contributed by atoms with Gasteiger partial charge in [0, 0.05) is 6.04 Å². The molecule has 0 aromatic carbocycles. The Morgan fingerprint density at radius 2 is 1.67 bits per heavy atom. The number of nitrogens with one attached hydrogen (secondary N) is 1. The van der Waals surface area contributed by atoms with Crippen molar-refractivity contribution in [3.63, 3.8) is 0 Å². The predicted molar refractivity (Wildman–Crippen MR) is 86.3 cm³/mol. The van der Waals surface area contributed by atoms with E-state index >= 15 is 0 Å². The topological polar surface area (TPSA) is 49.3 Å². The molecule has 0 aromatic heterocycles. The van der Waals surface area contributed by atoms with Crippen LogP contribution in [0.3, 0.4) is 0 Å². The zero-order valence-corrected chi connectivity index (χ0v) is 14.2. The van der Waals surface area contributed by atoms with Gasteiger partial charge in [0.15, 0.2) is 0 Å². The SMILES string of the molecule is CC1(C)CC(NCC2CCCCC2C(=O)O)CC(C)(C)C1. The van der Waals surface area contributed by atoms with Crippen LogP contribution in [-0.2, 0) is 4.79 Å². The van der Waals surface area contributed by atoms with E-state index in [1.54, 1.807) is 0 Å². The standard InChI is InChI=1S/C18H33NO2/c1-17(2)9-14(10-18(3,4)12-17)19-11-13-7-5-6-8-15(13)16(20)21/h13-15,19H,5-12H2,1-4H3,(H,20,21). The average molecular weight is 295 g/mol. The molecule has 0 amide bonds. The highest BCUT2D eigenvalue weighted by molar-refractivity contribution is 5.70. The third-order valence-corrected chi connectivity index (χ3v) is 5.45. The lowest BCUT2D eigenvalue weighted by molar-refractivity contribution is -0.144. The number of hydrogen-bond acceptors (Lipinski definition) is 2. The smallest absolute Gasteiger partial charge is 0.306 e. The fraction of sp³-hybridized carbons (Fsp3) is 0.944. The number of hydrogen-bond donors (Lipinski definition) is 2. The Kier molecular flexibility index (Phi) is 5.02. The lowest BCUT2D eigenvalue weighted by Gasteiger charge is -2.45. The van der Waals surface area contributed by atoms with Crippen LogP contribution in [0.5, 0.6) is 0 Å². The van der Waals surface area contributed by atoms with Gasteiger partial charge in [-0.3, -0.25) is 4.79 Å². The number of aliphatic carboxylic acids is 1. The summed E-state index contributed by atoms with van der Waals surface area (Å²) >= 11 is 0. The molecule has 2 saturated carbocycles. The summed E-state index contributed by atoms with van der Waals surface area (Å²) in [4.78, 5) is 11.4. The van der Waals surface area contributed by atoms with Gasteiger partial charge in [0.05, 0.1) is 5.92 Å². The zero-order valence-electron chi connectivity index (χ0n) is 14.2. The van der Waals surface area contributed by atoms with Gasteiger partial charge >= 0.3 is 5.97 Å². The van der Waals surface area contributed by atoms with Crippen molar-refractivity contribution >= 4 is 5.97 Å². The second-order valence-electron chi connectivity index (χ2n) is 9.01. The summed E-state index contributed by atoms with van der Waals surface area (Å²) in [5.41, 5.74) is 0.774. The van der Waals surface area contributed by atoms with Crippen molar-refractivity contribution in [3.05, 3.63) is 0 Å². The van der Waals surface area contributed by atoms with Crippen LogP contribution in [0.15, 0.2) is 0 Å². The second-order valence-corrected chi connectivity index (χ2v) is 9.01. The van der Waals surface area contributed by atoms with Crippen LogP contribution in [0, 0.1) is 22.7 Å². The van der Waals surface area contributed by atoms with Crippen LogP contribution < -0.4 is 5.32 Å². The van der Waals surface area contributed by atoms with Crippen LogP contribution in [0.1, 0.15) is 72.6 Å². The van der Waals surface area contributed by atoms with Crippen molar-refractivity contribution in [1.29, 1.82) is 0 Å². The van der Waals surface area contributed by atoms with E-state index in [-0.39, 0.29) is 5.92 Å². The lowest BCUT2D eigenvalue weighted by atomic mass is 9.63. The number of carboxylic acid groups (broad SMARTS) is 1. The van der Waals surface area contributed by atoms with E-state index in [1.807, 2.05) is 0 Å². The molecule has 0 spiro atoms. The average Bonchev–Trinajstić information content (AvgIpc) is 2.33. The van der Waals surface area contributed by atoms with E-state index in [2.05, 4.69) is 33.0 Å². The molecule has 0 aliphatic heterocycles. The third-order valence-electron chi connectivity index (χ3n) is 5.45. The highest BCUT2D eigenvalue weighted by Crippen LogP contribution is 2.45. The molecule has 0 aromatic rings. The van der Waals surface area contributed by atoms with Gasteiger partial charge in [0.1, 0.15) is 0 Å². The van der Waals surface area contributed by atoms with Crippen LogP contribution in [0.2, 0.25) is 0 Å². The monoisotopic (exact) mass is 295 g/mol. The van der Waals surface area contributed by atoms with E-state index in [0.717, 1.165) is 25.8 Å². The summed E-state index contributed by atoms with van der Waals surface area (Å²) in [7, 11) is 0. The molecule has 2 atom stereocenters. The normalized spacial score (nSPS) is 32.8.